The standard InChI is InChI=1S/C24H16ClF3N2O4S/c25-19-12-17(6-7-18(19)20-13-23(31)34-29-20)30-9-10-35(32,33)22-11-15(3-8-21(22)30)14-1-4-16(5-2-14)24(26,27)28/h1-8,11-12H,9-10,13H2. The lowest BCUT2D eigenvalue weighted by molar-refractivity contribution is -0.140. The summed E-state index contributed by atoms with van der Waals surface area (Å²) in [5.74, 6) is -0.621. The minimum Gasteiger partial charge on any atom is -0.339 e. The number of benzene rings is 3. The van der Waals surface area contributed by atoms with Crippen LogP contribution < -0.4 is 4.90 Å². The van der Waals surface area contributed by atoms with Gasteiger partial charge in [-0.15, -0.1) is 0 Å². The maximum absolute atomic E-state index is 12.9. The predicted octanol–water partition coefficient (Wildman–Crippen LogP) is 5.60. The Kier molecular flexibility index (Phi) is 5.60. The summed E-state index contributed by atoms with van der Waals surface area (Å²) < 4.78 is 64.4. The van der Waals surface area contributed by atoms with E-state index in [-0.39, 0.29) is 23.6 Å². The van der Waals surface area contributed by atoms with Crippen molar-refractivity contribution in [3.05, 3.63) is 76.8 Å². The molecule has 2 aliphatic rings. The Balaban J connectivity index is 1.51. The molecule has 0 aliphatic carbocycles. The number of halogens is 4. The molecule has 5 rings (SSSR count). The first-order chi connectivity index (χ1) is 16.5. The van der Waals surface area contributed by atoms with Gasteiger partial charge in [0.15, 0.2) is 9.84 Å². The molecule has 0 atom stereocenters. The SMILES string of the molecule is O=C1CC(c2ccc(N3CCS(=O)(=O)c4cc(-c5ccc(C(F)(F)F)cc5)ccc43)cc2Cl)=NO1. The smallest absolute Gasteiger partial charge is 0.339 e. The van der Waals surface area contributed by atoms with Crippen molar-refractivity contribution in [3.63, 3.8) is 0 Å². The van der Waals surface area contributed by atoms with Crippen LogP contribution in [0.4, 0.5) is 24.5 Å². The van der Waals surface area contributed by atoms with Crippen molar-refractivity contribution in [2.45, 2.75) is 17.5 Å². The average molecular weight is 521 g/mol. The van der Waals surface area contributed by atoms with Gasteiger partial charge in [-0.1, -0.05) is 35.0 Å². The quantitative estimate of drug-likeness (QED) is 0.420. The molecule has 11 heteroatoms. The van der Waals surface area contributed by atoms with Gasteiger partial charge in [0.2, 0.25) is 0 Å². The molecule has 3 aromatic carbocycles. The van der Waals surface area contributed by atoms with Crippen LogP contribution in [0.5, 0.6) is 0 Å². The van der Waals surface area contributed by atoms with Gasteiger partial charge in [0.25, 0.3) is 0 Å². The van der Waals surface area contributed by atoms with Crippen molar-refractivity contribution in [2.24, 2.45) is 5.16 Å². The molecule has 3 aromatic rings. The molecule has 2 aliphatic heterocycles. The first-order valence-electron chi connectivity index (χ1n) is 10.4. The van der Waals surface area contributed by atoms with Gasteiger partial charge in [0.05, 0.1) is 33.3 Å². The Bertz CT molecular complexity index is 1490. The van der Waals surface area contributed by atoms with Crippen LogP contribution in [-0.4, -0.2) is 32.4 Å². The average Bonchev–Trinajstić information content (AvgIpc) is 3.24. The number of oxime groups is 1. The highest BCUT2D eigenvalue weighted by Crippen LogP contribution is 2.40. The van der Waals surface area contributed by atoms with Gasteiger partial charge in [0, 0.05) is 17.8 Å². The first kappa shape index (κ1) is 23.4. The summed E-state index contributed by atoms with van der Waals surface area (Å²) in [6.45, 7) is 0.188. The van der Waals surface area contributed by atoms with Crippen LogP contribution in [0.2, 0.25) is 5.02 Å². The van der Waals surface area contributed by atoms with E-state index in [2.05, 4.69) is 9.99 Å². The molecule has 180 valence electrons. The van der Waals surface area contributed by atoms with E-state index in [1.807, 2.05) is 0 Å². The number of hydrogen-bond acceptors (Lipinski definition) is 6. The molecular formula is C24H16ClF3N2O4S. The fourth-order valence-corrected chi connectivity index (χ4v) is 5.82. The van der Waals surface area contributed by atoms with Gasteiger partial charge < -0.3 is 9.74 Å². The van der Waals surface area contributed by atoms with Crippen LogP contribution >= 0.6 is 11.6 Å². The number of nitrogens with zero attached hydrogens (tertiary/aromatic N) is 2. The molecule has 35 heavy (non-hydrogen) atoms. The number of alkyl halides is 3. The van der Waals surface area contributed by atoms with Crippen molar-refractivity contribution >= 4 is 44.5 Å². The van der Waals surface area contributed by atoms with Crippen LogP contribution in [0.15, 0.2) is 70.7 Å². The molecule has 0 N–H and O–H groups in total. The third-order valence-corrected chi connectivity index (χ3v) is 7.89. The number of hydrogen-bond donors (Lipinski definition) is 0. The van der Waals surface area contributed by atoms with Crippen molar-refractivity contribution in [3.8, 4) is 11.1 Å². The second-order valence-electron chi connectivity index (χ2n) is 8.07. The minimum atomic E-state index is -4.46. The Morgan fingerprint density at radius 1 is 0.971 bits per heavy atom. The van der Waals surface area contributed by atoms with Gasteiger partial charge in [-0.05, 0) is 53.6 Å². The molecule has 0 radical (unpaired) electrons. The van der Waals surface area contributed by atoms with Crippen LogP contribution in [-0.2, 0) is 25.6 Å². The van der Waals surface area contributed by atoms with Crippen molar-refractivity contribution in [1.82, 2.24) is 0 Å². The monoisotopic (exact) mass is 520 g/mol. The zero-order valence-corrected chi connectivity index (χ0v) is 19.4. The molecule has 0 fully saturated rings. The highest BCUT2D eigenvalue weighted by Gasteiger charge is 2.32. The zero-order valence-electron chi connectivity index (χ0n) is 17.8. The third-order valence-electron chi connectivity index (χ3n) is 5.86. The predicted molar refractivity (Wildman–Crippen MR) is 125 cm³/mol. The Labute approximate surface area is 203 Å². The summed E-state index contributed by atoms with van der Waals surface area (Å²) in [6, 6.07) is 14.4. The second kappa shape index (κ2) is 8.39. The summed E-state index contributed by atoms with van der Waals surface area (Å²) in [4.78, 5) is 17.9. The molecule has 0 saturated heterocycles. The first-order valence-corrected chi connectivity index (χ1v) is 12.4. The summed E-state index contributed by atoms with van der Waals surface area (Å²) in [5.41, 5.74) is 2.21. The maximum Gasteiger partial charge on any atom is 0.416 e. The van der Waals surface area contributed by atoms with E-state index < -0.39 is 27.5 Å². The molecule has 0 saturated carbocycles. The molecule has 0 spiro atoms. The van der Waals surface area contributed by atoms with E-state index in [0.717, 1.165) is 12.1 Å². The Morgan fingerprint density at radius 2 is 1.69 bits per heavy atom. The number of carbonyl (C=O) groups excluding carboxylic acids is 1. The topological polar surface area (TPSA) is 76.0 Å². The van der Waals surface area contributed by atoms with Gasteiger partial charge >= 0.3 is 12.1 Å². The second-order valence-corrected chi connectivity index (χ2v) is 10.6. The zero-order chi connectivity index (χ0) is 25.0. The third kappa shape index (κ3) is 4.39. The fourth-order valence-electron chi connectivity index (χ4n) is 4.09. The summed E-state index contributed by atoms with van der Waals surface area (Å²) >= 11 is 6.44. The summed E-state index contributed by atoms with van der Waals surface area (Å²) in [7, 11) is -3.61. The molecule has 0 unspecified atom stereocenters. The lowest BCUT2D eigenvalue weighted by atomic mass is 10.0. The van der Waals surface area contributed by atoms with Gasteiger partial charge in [-0.3, -0.25) is 0 Å². The van der Waals surface area contributed by atoms with Crippen LogP contribution in [0, 0.1) is 0 Å². The highest BCUT2D eigenvalue weighted by atomic mass is 35.5. The Hall–Kier alpha value is -3.37. The summed E-state index contributed by atoms with van der Waals surface area (Å²) in [6.07, 6.45) is -4.45. The maximum atomic E-state index is 12.9. The summed E-state index contributed by atoms with van der Waals surface area (Å²) in [5, 5.41) is 4.06. The lowest BCUT2D eigenvalue weighted by Crippen LogP contribution is -2.31. The lowest BCUT2D eigenvalue weighted by Gasteiger charge is -2.31. The van der Waals surface area contributed by atoms with Crippen LogP contribution in [0.1, 0.15) is 17.5 Å². The van der Waals surface area contributed by atoms with E-state index in [1.54, 1.807) is 35.2 Å². The highest BCUT2D eigenvalue weighted by molar-refractivity contribution is 7.91. The number of fused-ring (bicyclic) bond motifs is 1. The van der Waals surface area contributed by atoms with E-state index in [4.69, 9.17) is 11.6 Å². The van der Waals surface area contributed by atoms with E-state index in [1.165, 1.54) is 18.2 Å². The molecule has 0 amide bonds. The molecule has 6 nitrogen and oxygen atoms in total. The molecule has 0 bridgehead atoms. The van der Waals surface area contributed by atoms with Crippen LogP contribution in [0.3, 0.4) is 0 Å². The molecule has 0 aromatic heterocycles. The van der Waals surface area contributed by atoms with Crippen LogP contribution in [0.25, 0.3) is 11.1 Å². The largest absolute Gasteiger partial charge is 0.416 e. The van der Waals surface area contributed by atoms with Crippen molar-refractivity contribution in [2.75, 3.05) is 17.2 Å². The van der Waals surface area contributed by atoms with E-state index >= 15 is 0 Å². The van der Waals surface area contributed by atoms with Crippen molar-refractivity contribution in [1.29, 1.82) is 0 Å². The van der Waals surface area contributed by atoms with Gasteiger partial charge in [-0.25, -0.2) is 13.2 Å². The normalized spacial score (nSPS) is 17.1. The fraction of sp³-hybridized carbons (Fsp3) is 0.167. The minimum absolute atomic E-state index is 0.0105. The van der Waals surface area contributed by atoms with E-state index in [9.17, 15) is 26.4 Å². The van der Waals surface area contributed by atoms with Gasteiger partial charge in [0.1, 0.15) is 5.71 Å². The molecule has 2 heterocycles. The Morgan fingerprint density at radius 3 is 2.31 bits per heavy atom. The number of anilines is 2. The van der Waals surface area contributed by atoms with E-state index in [0.29, 0.717) is 38.8 Å². The number of carbonyl (C=O) groups is 1. The number of rotatable bonds is 3. The van der Waals surface area contributed by atoms with Crippen molar-refractivity contribution < 1.29 is 31.2 Å². The van der Waals surface area contributed by atoms with Gasteiger partial charge in [-0.2, -0.15) is 13.2 Å². The number of sulfone groups is 1. The molecular weight excluding hydrogens is 505 g/mol.